The second-order valence-electron chi connectivity index (χ2n) is 12.9. The first-order chi connectivity index (χ1) is 22.8. The zero-order chi connectivity index (χ0) is 34.3. The molecule has 8 heteroatoms. The van der Waals surface area contributed by atoms with Crippen LogP contribution in [0, 0.1) is 57.2 Å². The predicted octanol–water partition coefficient (Wildman–Crippen LogP) is 8.36. The largest absolute Gasteiger partial charge is 0.505 e. The lowest BCUT2D eigenvalue weighted by molar-refractivity contribution is -0.116. The predicted molar refractivity (Wildman–Crippen MR) is 181 cm³/mol. The van der Waals surface area contributed by atoms with Crippen LogP contribution < -0.4 is 0 Å². The number of ketones is 3. The molecule has 3 fully saturated rings. The molecule has 1 aliphatic heterocycles. The quantitative estimate of drug-likeness (QED) is 0.273. The normalized spacial score (nSPS) is 27.6. The first-order valence-electron chi connectivity index (χ1n) is 17.4. The van der Waals surface area contributed by atoms with Gasteiger partial charge in [-0.1, -0.05) is 38.0 Å². The van der Waals surface area contributed by atoms with E-state index in [0.717, 1.165) is 95.0 Å². The van der Waals surface area contributed by atoms with Gasteiger partial charge in [0.25, 0.3) is 0 Å². The third kappa shape index (κ3) is 13.5. The average Bonchev–Trinajstić information content (AvgIpc) is 3.77. The second kappa shape index (κ2) is 22.7. The Labute approximate surface area is 282 Å². The Morgan fingerprint density at radius 3 is 2.28 bits per heavy atom. The highest BCUT2D eigenvalue weighted by Gasteiger charge is 2.44. The van der Waals surface area contributed by atoms with E-state index >= 15 is 0 Å². The van der Waals surface area contributed by atoms with Crippen molar-refractivity contribution in [1.29, 1.82) is 15.8 Å². The molecule has 0 amide bonds. The molecule has 0 bridgehead atoms. The van der Waals surface area contributed by atoms with Crippen molar-refractivity contribution in [2.75, 3.05) is 20.3 Å². The second-order valence-corrected chi connectivity index (χ2v) is 12.9. The number of nitrogens with zero attached hydrogens (tertiary/aromatic N) is 3. The maximum Gasteiger partial charge on any atom is 0.159 e. The molecule has 5 aliphatic carbocycles. The van der Waals surface area contributed by atoms with Crippen LogP contribution in [0.5, 0.6) is 0 Å². The van der Waals surface area contributed by atoms with Gasteiger partial charge in [-0.2, -0.15) is 15.8 Å². The lowest BCUT2D eigenvalue weighted by Crippen LogP contribution is -2.26. The highest BCUT2D eigenvalue weighted by Crippen LogP contribution is 2.49. The summed E-state index contributed by atoms with van der Waals surface area (Å²) in [5.74, 6) is 1.24. The maximum atomic E-state index is 11.8. The zero-order valence-corrected chi connectivity index (χ0v) is 28.5. The summed E-state index contributed by atoms with van der Waals surface area (Å²) in [6, 6.07) is 6.59. The Bertz CT molecular complexity index is 1260. The summed E-state index contributed by atoms with van der Waals surface area (Å²) in [5.41, 5.74) is 1.77. The van der Waals surface area contributed by atoms with E-state index in [1.54, 1.807) is 19.3 Å². The minimum absolute atomic E-state index is 0.0274. The molecule has 47 heavy (non-hydrogen) atoms. The molecule has 6 aliphatic rings. The number of Topliss-reactive ketones (excluding diaryl/α,β-unsaturated/α-hetero) is 2. The maximum absolute atomic E-state index is 11.8. The number of hydrogen-bond donors (Lipinski definition) is 0. The third-order valence-electron chi connectivity index (χ3n) is 9.50. The summed E-state index contributed by atoms with van der Waals surface area (Å²) in [5, 5.41) is 25.9. The third-order valence-corrected chi connectivity index (χ3v) is 9.50. The first-order valence-corrected chi connectivity index (χ1v) is 17.4. The fraction of sp³-hybridized carbons (Fsp3) is 0.641. The van der Waals surface area contributed by atoms with Gasteiger partial charge in [-0.05, 0) is 93.9 Å². The van der Waals surface area contributed by atoms with E-state index in [1.807, 2.05) is 24.3 Å². The zero-order valence-electron chi connectivity index (χ0n) is 28.5. The summed E-state index contributed by atoms with van der Waals surface area (Å²) in [7, 11) is 1.55. The van der Waals surface area contributed by atoms with Crippen molar-refractivity contribution in [3.63, 3.8) is 0 Å². The number of rotatable bonds is 2. The Balaban J connectivity index is 0.000000214. The molecule has 0 spiro atoms. The smallest absolute Gasteiger partial charge is 0.159 e. The van der Waals surface area contributed by atoms with E-state index in [4.69, 9.17) is 20.5 Å². The van der Waals surface area contributed by atoms with Gasteiger partial charge in [0.15, 0.2) is 17.3 Å². The van der Waals surface area contributed by atoms with Crippen molar-refractivity contribution in [3.05, 3.63) is 47.8 Å². The number of fused-ring (bicyclic) bond motifs is 2. The topological polar surface area (TPSA) is 141 Å². The number of carbonyl (C=O) groups is 3. The van der Waals surface area contributed by atoms with Crippen LogP contribution in [-0.2, 0) is 23.9 Å². The van der Waals surface area contributed by atoms with Crippen LogP contribution >= 0.6 is 0 Å². The monoisotopic (exact) mass is 643 g/mol. The molecule has 4 atom stereocenters. The molecule has 1 saturated heterocycles. The van der Waals surface area contributed by atoms with Crippen LogP contribution in [0.4, 0.5) is 0 Å². The number of hydrogen-bond acceptors (Lipinski definition) is 8. The summed E-state index contributed by atoms with van der Waals surface area (Å²) < 4.78 is 9.46. The summed E-state index contributed by atoms with van der Waals surface area (Å²) >= 11 is 0. The van der Waals surface area contributed by atoms with Gasteiger partial charge < -0.3 is 9.47 Å². The first kappa shape index (κ1) is 39.4. The lowest BCUT2D eigenvalue weighted by Gasteiger charge is -2.28. The number of nitriles is 3. The van der Waals surface area contributed by atoms with Crippen LogP contribution in [0.25, 0.3) is 0 Å². The Morgan fingerprint density at radius 1 is 0.894 bits per heavy atom. The molecule has 6 rings (SSSR count). The summed E-state index contributed by atoms with van der Waals surface area (Å²) in [4.78, 5) is 34.0. The van der Waals surface area contributed by atoms with Gasteiger partial charge in [0, 0.05) is 43.8 Å². The number of methoxy groups -OCH3 is 1. The highest BCUT2D eigenvalue weighted by atomic mass is 16.5. The van der Waals surface area contributed by atoms with Crippen molar-refractivity contribution >= 4 is 17.3 Å². The van der Waals surface area contributed by atoms with Gasteiger partial charge in [-0.3, -0.25) is 14.4 Å². The fourth-order valence-corrected chi connectivity index (χ4v) is 6.73. The van der Waals surface area contributed by atoms with Gasteiger partial charge in [0.2, 0.25) is 0 Å². The molecule has 0 aromatic heterocycles. The van der Waals surface area contributed by atoms with Crippen LogP contribution in [-0.4, -0.2) is 37.7 Å². The standard InChI is InChI=1S/C12H15NO.C11H13NO.C7H10O.C5H7NO.C4H8O/c1-12-7-3-2-4-11(14)10(12)6-5-9(12)8-13;12-7-8-5-6-10-9(8)3-1-2-4-11(10)13;8-7-5-3-1-2-4-6-7;1-7-5-3-2-4-6;1-2-4-5-3-1/h6,9H,2-5,7H2,1H3;6,8-9H,1-5H2;3,5H,1-2,4,6H2;3,5H,2H2,1H3;1-4H2/t9-,12+;8-,9-;;;/m01.../s1. The van der Waals surface area contributed by atoms with Crippen LogP contribution in [0.15, 0.2) is 47.8 Å². The van der Waals surface area contributed by atoms with Crippen LogP contribution in [0.2, 0.25) is 0 Å². The molecular formula is C39H53N3O5. The Kier molecular flexibility index (Phi) is 19.0. The average molecular weight is 644 g/mol. The van der Waals surface area contributed by atoms with Gasteiger partial charge in [0.1, 0.15) is 0 Å². The summed E-state index contributed by atoms with van der Waals surface area (Å²) in [6.45, 7) is 4.09. The van der Waals surface area contributed by atoms with E-state index in [9.17, 15) is 14.4 Å². The van der Waals surface area contributed by atoms with Crippen molar-refractivity contribution < 1.29 is 23.9 Å². The van der Waals surface area contributed by atoms with Gasteiger partial charge in [-0.25, -0.2) is 0 Å². The van der Waals surface area contributed by atoms with Crippen molar-refractivity contribution in [2.45, 2.75) is 116 Å². The molecular weight excluding hydrogens is 590 g/mol. The SMILES string of the molecule is C1CCOC1.COC=CCC#N.C[C@]12CCCCC(=O)C1=CC[C@H]2C#N.N#C[C@H]1CC=C2C(=O)CCCC[C@@H]21.O=C1C=CCCCC1. The molecule has 2 saturated carbocycles. The van der Waals surface area contributed by atoms with E-state index in [-0.39, 0.29) is 29.0 Å². The highest BCUT2D eigenvalue weighted by molar-refractivity contribution is 5.97. The molecule has 254 valence electrons. The molecule has 1 heterocycles. The lowest BCUT2D eigenvalue weighted by atomic mass is 9.73. The molecule has 0 radical (unpaired) electrons. The number of ether oxygens (including phenoxy) is 2. The van der Waals surface area contributed by atoms with Gasteiger partial charge in [-0.15, -0.1) is 0 Å². The number of allylic oxidation sites excluding steroid dienone is 7. The number of carbonyl (C=O) groups excluding carboxylic acids is 3. The minimum atomic E-state index is -0.137. The van der Waals surface area contributed by atoms with Crippen LogP contribution in [0.1, 0.15) is 116 Å². The molecule has 0 aromatic carbocycles. The molecule has 8 nitrogen and oxygen atoms in total. The Morgan fingerprint density at radius 2 is 1.62 bits per heavy atom. The van der Waals surface area contributed by atoms with E-state index in [1.165, 1.54) is 25.5 Å². The van der Waals surface area contributed by atoms with Crippen molar-refractivity contribution in [1.82, 2.24) is 0 Å². The molecule has 0 aromatic rings. The molecule has 0 N–H and O–H groups in total. The van der Waals surface area contributed by atoms with E-state index in [2.05, 4.69) is 23.8 Å². The van der Waals surface area contributed by atoms with Gasteiger partial charge >= 0.3 is 0 Å². The van der Waals surface area contributed by atoms with E-state index < -0.39 is 0 Å². The minimum Gasteiger partial charge on any atom is -0.505 e. The fourth-order valence-electron chi connectivity index (χ4n) is 6.73. The molecule has 0 unspecified atom stereocenters. The van der Waals surface area contributed by atoms with Crippen molar-refractivity contribution in [3.8, 4) is 18.2 Å². The summed E-state index contributed by atoms with van der Waals surface area (Å²) in [6.07, 6.45) is 27.1. The van der Waals surface area contributed by atoms with Crippen molar-refractivity contribution in [2.24, 2.45) is 23.2 Å². The van der Waals surface area contributed by atoms with E-state index in [0.29, 0.717) is 30.8 Å². The van der Waals surface area contributed by atoms with Gasteiger partial charge in [0.05, 0.1) is 49.8 Å². The Hall–Kier alpha value is -3.80. The van der Waals surface area contributed by atoms with Crippen LogP contribution in [0.3, 0.4) is 0 Å².